The molecule has 0 bridgehead atoms. The standard InChI is InChI=1S/C19H20ClNO4/c1-2-23-19(22)21-10-9-14-5-3-4-6-16(14)25-17-8-7-15(20)13-18(17)24-12-11-21/h3-8,13H,2,9-12H2,1H3. The molecular weight excluding hydrogens is 342 g/mol. The number of para-hydroxylation sites is 1. The van der Waals surface area contributed by atoms with Crippen molar-refractivity contribution in [1.29, 1.82) is 0 Å². The first-order valence-electron chi connectivity index (χ1n) is 8.27. The lowest BCUT2D eigenvalue weighted by atomic mass is 10.1. The largest absolute Gasteiger partial charge is 0.488 e. The molecule has 3 rings (SSSR count). The van der Waals surface area contributed by atoms with Crippen LogP contribution >= 0.6 is 11.6 Å². The molecule has 0 unspecified atom stereocenters. The molecule has 0 fully saturated rings. The number of carbonyl (C=O) groups is 1. The van der Waals surface area contributed by atoms with Crippen LogP contribution in [0.5, 0.6) is 17.2 Å². The summed E-state index contributed by atoms with van der Waals surface area (Å²) in [5.74, 6) is 1.88. The summed E-state index contributed by atoms with van der Waals surface area (Å²) in [5, 5.41) is 0.563. The minimum Gasteiger partial charge on any atom is -0.488 e. The van der Waals surface area contributed by atoms with E-state index < -0.39 is 0 Å². The van der Waals surface area contributed by atoms with Crippen molar-refractivity contribution in [3.63, 3.8) is 0 Å². The average Bonchev–Trinajstić information content (AvgIpc) is 2.64. The highest BCUT2D eigenvalue weighted by molar-refractivity contribution is 6.30. The maximum absolute atomic E-state index is 12.2. The smallest absolute Gasteiger partial charge is 0.409 e. The van der Waals surface area contributed by atoms with E-state index in [1.54, 1.807) is 30.0 Å². The Morgan fingerprint density at radius 2 is 2.00 bits per heavy atom. The van der Waals surface area contributed by atoms with Gasteiger partial charge in [-0.3, -0.25) is 0 Å². The summed E-state index contributed by atoms with van der Waals surface area (Å²) in [7, 11) is 0. The topological polar surface area (TPSA) is 48.0 Å². The number of hydrogen-bond acceptors (Lipinski definition) is 4. The molecule has 0 spiro atoms. The van der Waals surface area contributed by atoms with Crippen molar-refractivity contribution in [2.45, 2.75) is 13.3 Å². The summed E-state index contributed by atoms with van der Waals surface area (Å²) < 4.78 is 17.0. The highest BCUT2D eigenvalue weighted by Crippen LogP contribution is 2.35. The molecule has 0 aromatic heterocycles. The highest BCUT2D eigenvalue weighted by Gasteiger charge is 2.18. The molecule has 0 aliphatic carbocycles. The van der Waals surface area contributed by atoms with Gasteiger partial charge >= 0.3 is 6.09 Å². The van der Waals surface area contributed by atoms with Crippen LogP contribution in [0, 0.1) is 0 Å². The Kier molecular flexibility index (Phi) is 5.66. The first kappa shape index (κ1) is 17.4. The van der Waals surface area contributed by atoms with E-state index in [0.717, 1.165) is 11.3 Å². The molecule has 1 aliphatic heterocycles. The Hall–Kier alpha value is -2.40. The summed E-state index contributed by atoms with van der Waals surface area (Å²) in [6, 6.07) is 13.0. The molecule has 132 valence electrons. The van der Waals surface area contributed by atoms with Gasteiger partial charge in [-0.05, 0) is 37.1 Å². The summed E-state index contributed by atoms with van der Waals surface area (Å²) in [6.45, 7) is 3.41. The van der Waals surface area contributed by atoms with Crippen LogP contribution in [0.15, 0.2) is 42.5 Å². The molecule has 1 heterocycles. The average molecular weight is 362 g/mol. The molecule has 1 aliphatic rings. The molecule has 0 atom stereocenters. The van der Waals surface area contributed by atoms with Gasteiger partial charge in [0.15, 0.2) is 11.5 Å². The van der Waals surface area contributed by atoms with Crippen molar-refractivity contribution in [3.8, 4) is 17.2 Å². The van der Waals surface area contributed by atoms with Gasteiger partial charge in [-0.1, -0.05) is 29.8 Å². The first-order chi connectivity index (χ1) is 12.2. The number of fused-ring (bicyclic) bond motifs is 2. The predicted octanol–water partition coefficient (Wildman–Crippen LogP) is 4.53. The lowest BCUT2D eigenvalue weighted by Gasteiger charge is -2.21. The SMILES string of the molecule is CCOC(=O)N1CCOc2cc(Cl)ccc2Oc2ccccc2CC1. The second kappa shape index (κ2) is 8.12. The first-order valence-corrected chi connectivity index (χ1v) is 8.65. The molecule has 2 aromatic rings. The predicted molar refractivity (Wildman–Crippen MR) is 95.8 cm³/mol. The minimum atomic E-state index is -0.338. The third kappa shape index (κ3) is 4.37. The van der Waals surface area contributed by atoms with Crippen LogP contribution in [0.3, 0.4) is 0 Å². The van der Waals surface area contributed by atoms with Crippen LogP contribution in [0.2, 0.25) is 5.02 Å². The zero-order valence-corrected chi connectivity index (χ0v) is 14.8. The number of nitrogens with zero attached hydrogens (tertiary/aromatic N) is 1. The van der Waals surface area contributed by atoms with Crippen LogP contribution in [-0.2, 0) is 11.2 Å². The van der Waals surface area contributed by atoms with Crippen molar-refractivity contribution in [1.82, 2.24) is 4.90 Å². The Morgan fingerprint density at radius 1 is 1.16 bits per heavy atom. The van der Waals surface area contributed by atoms with Gasteiger partial charge in [-0.2, -0.15) is 0 Å². The number of halogens is 1. The van der Waals surface area contributed by atoms with Crippen molar-refractivity contribution >= 4 is 17.7 Å². The summed E-state index contributed by atoms with van der Waals surface area (Å²) in [6.07, 6.45) is 0.327. The minimum absolute atomic E-state index is 0.325. The zero-order chi connectivity index (χ0) is 17.6. The molecule has 5 nitrogen and oxygen atoms in total. The lowest BCUT2D eigenvalue weighted by Crippen LogP contribution is -2.36. The van der Waals surface area contributed by atoms with Crippen molar-refractivity contribution in [2.75, 3.05) is 26.3 Å². The van der Waals surface area contributed by atoms with Crippen LogP contribution in [0.25, 0.3) is 0 Å². The zero-order valence-electron chi connectivity index (χ0n) is 14.0. The fourth-order valence-electron chi connectivity index (χ4n) is 2.64. The second-order valence-electron chi connectivity index (χ2n) is 5.59. The number of carbonyl (C=O) groups excluding carboxylic acids is 1. The number of benzene rings is 2. The summed E-state index contributed by atoms with van der Waals surface area (Å²) in [5.41, 5.74) is 1.01. The van der Waals surface area contributed by atoms with E-state index in [9.17, 15) is 4.79 Å². The van der Waals surface area contributed by atoms with Crippen molar-refractivity contribution in [3.05, 3.63) is 53.1 Å². The van der Waals surface area contributed by atoms with Crippen molar-refractivity contribution < 1.29 is 19.0 Å². The lowest BCUT2D eigenvalue weighted by molar-refractivity contribution is 0.101. The monoisotopic (exact) mass is 361 g/mol. The molecule has 1 amide bonds. The normalized spacial score (nSPS) is 14.2. The second-order valence-corrected chi connectivity index (χ2v) is 6.02. The summed E-state index contributed by atoms with van der Waals surface area (Å²) >= 11 is 6.08. The van der Waals surface area contributed by atoms with Crippen LogP contribution in [0.4, 0.5) is 4.79 Å². The molecule has 25 heavy (non-hydrogen) atoms. The van der Waals surface area contributed by atoms with E-state index in [-0.39, 0.29) is 6.09 Å². The van der Waals surface area contributed by atoms with Crippen molar-refractivity contribution in [2.24, 2.45) is 0 Å². The van der Waals surface area contributed by atoms with Gasteiger partial charge in [0.25, 0.3) is 0 Å². The Morgan fingerprint density at radius 3 is 2.84 bits per heavy atom. The van der Waals surface area contributed by atoms with E-state index in [0.29, 0.717) is 49.2 Å². The quantitative estimate of drug-likeness (QED) is 0.749. The Labute approximate surface area is 152 Å². The van der Waals surface area contributed by atoms with E-state index >= 15 is 0 Å². The molecule has 0 saturated carbocycles. The van der Waals surface area contributed by atoms with Gasteiger partial charge in [0.2, 0.25) is 0 Å². The molecule has 0 radical (unpaired) electrons. The van der Waals surface area contributed by atoms with Gasteiger partial charge in [-0.15, -0.1) is 0 Å². The van der Waals surface area contributed by atoms with Gasteiger partial charge in [0, 0.05) is 17.6 Å². The fraction of sp³-hybridized carbons (Fsp3) is 0.316. The van der Waals surface area contributed by atoms with E-state index in [1.807, 2.05) is 24.3 Å². The molecule has 0 saturated heterocycles. The highest BCUT2D eigenvalue weighted by atomic mass is 35.5. The van der Waals surface area contributed by atoms with E-state index in [4.69, 9.17) is 25.8 Å². The van der Waals surface area contributed by atoms with Crippen LogP contribution in [-0.4, -0.2) is 37.3 Å². The van der Waals surface area contributed by atoms with Gasteiger partial charge in [0.1, 0.15) is 12.4 Å². The fourth-order valence-corrected chi connectivity index (χ4v) is 2.80. The van der Waals surface area contributed by atoms with Gasteiger partial charge in [0.05, 0.1) is 13.2 Å². The molecule has 2 aromatic carbocycles. The summed E-state index contributed by atoms with van der Waals surface area (Å²) in [4.78, 5) is 13.8. The third-order valence-corrected chi connectivity index (χ3v) is 4.13. The van der Waals surface area contributed by atoms with Crippen LogP contribution < -0.4 is 9.47 Å². The number of hydrogen-bond donors (Lipinski definition) is 0. The maximum atomic E-state index is 12.2. The van der Waals surface area contributed by atoms with E-state index in [1.165, 1.54) is 0 Å². The number of ether oxygens (including phenoxy) is 3. The van der Waals surface area contributed by atoms with Crippen LogP contribution in [0.1, 0.15) is 12.5 Å². The maximum Gasteiger partial charge on any atom is 0.409 e. The molecule has 6 heteroatoms. The molecular formula is C19H20ClNO4. The Balaban J connectivity index is 1.92. The Bertz CT molecular complexity index is 750. The van der Waals surface area contributed by atoms with Gasteiger partial charge < -0.3 is 19.1 Å². The third-order valence-electron chi connectivity index (χ3n) is 3.89. The number of rotatable bonds is 1. The van der Waals surface area contributed by atoms with E-state index in [2.05, 4.69) is 0 Å². The van der Waals surface area contributed by atoms with Gasteiger partial charge in [-0.25, -0.2) is 4.79 Å². The molecule has 0 N–H and O–H groups in total. The number of amides is 1.